The number of hydrogen-bond acceptors (Lipinski definition) is 6. The van der Waals surface area contributed by atoms with Crippen LogP contribution in [0.1, 0.15) is 42.5 Å². The van der Waals surface area contributed by atoms with Crippen molar-refractivity contribution in [2.45, 2.75) is 38.3 Å². The van der Waals surface area contributed by atoms with Gasteiger partial charge in [-0.05, 0) is 61.7 Å². The SMILES string of the molecule is CCOC(=O)CC1CCc2c1[nH]c1ccc(-c3noc(-c4ccc(C(F)(F)F)cc4O)n3)cc21. The predicted molar refractivity (Wildman–Crippen MR) is 116 cm³/mol. The number of phenolic OH excluding ortho intramolecular Hbond substituents is 1. The van der Waals surface area contributed by atoms with Gasteiger partial charge in [0.1, 0.15) is 5.75 Å². The lowest BCUT2D eigenvalue weighted by molar-refractivity contribution is -0.143. The van der Waals surface area contributed by atoms with Crippen LogP contribution in [-0.4, -0.2) is 32.8 Å². The molecule has 176 valence electrons. The largest absolute Gasteiger partial charge is 0.507 e. The summed E-state index contributed by atoms with van der Waals surface area (Å²) in [4.78, 5) is 19.6. The minimum Gasteiger partial charge on any atom is -0.507 e. The molecule has 0 bridgehead atoms. The van der Waals surface area contributed by atoms with Gasteiger partial charge in [-0.25, -0.2) is 0 Å². The van der Waals surface area contributed by atoms with Gasteiger partial charge in [0.05, 0.1) is 24.2 Å². The van der Waals surface area contributed by atoms with Crippen LogP contribution in [0.5, 0.6) is 5.75 Å². The third-order valence-corrected chi connectivity index (χ3v) is 6.05. The smallest absolute Gasteiger partial charge is 0.416 e. The number of nitrogens with one attached hydrogen (secondary N) is 1. The van der Waals surface area contributed by atoms with Crippen molar-refractivity contribution in [3.8, 4) is 28.6 Å². The standard InChI is InChI=1S/C24H20F3N3O4/c1-2-33-20(32)10-12-3-6-15-17-9-13(4-8-18(17)28-21(12)15)22-29-23(34-30-22)16-7-5-14(11-19(16)31)24(25,26)27/h4-5,7-9,11-12,28,31H,2-3,6,10H2,1H3. The Morgan fingerprint density at radius 3 is 2.82 bits per heavy atom. The molecule has 0 aliphatic heterocycles. The van der Waals surface area contributed by atoms with Gasteiger partial charge in [0, 0.05) is 28.1 Å². The van der Waals surface area contributed by atoms with E-state index in [4.69, 9.17) is 9.26 Å². The summed E-state index contributed by atoms with van der Waals surface area (Å²) in [5, 5.41) is 15.0. The number of rotatable bonds is 5. The first-order valence-electron chi connectivity index (χ1n) is 10.8. The van der Waals surface area contributed by atoms with E-state index in [2.05, 4.69) is 15.1 Å². The molecule has 5 rings (SSSR count). The molecule has 0 amide bonds. The first-order chi connectivity index (χ1) is 16.2. The van der Waals surface area contributed by atoms with E-state index in [0.717, 1.165) is 47.1 Å². The Bertz CT molecular complexity index is 1390. The number of aromatic nitrogens is 3. The van der Waals surface area contributed by atoms with Gasteiger partial charge in [-0.15, -0.1) is 0 Å². The molecule has 34 heavy (non-hydrogen) atoms. The number of ether oxygens (including phenoxy) is 1. The number of nitrogens with zero attached hydrogens (tertiary/aromatic N) is 2. The summed E-state index contributed by atoms with van der Waals surface area (Å²) in [7, 11) is 0. The van der Waals surface area contributed by atoms with Gasteiger partial charge in [-0.2, -0.15) is 18.2 Å². The Hall–Kier alpha value is -3.82. The normalized spacial score (nSPS) is 15.6. The molecule has 4 aromatic rings. The number of fused-ring (bicyclic) bond motifs is 3. The monoisotopic (exact) mass is 471 g/mol. The van der Waals surface area contributed by atoms with Crippen molar-refractivity contribution in [2.75, 3.05) is 6.61 Å². The number of H-pyrrole nitrogens is 1. The van der Waals surface area contributed by atoms with E-state index in [-0.39, 0.29) is 29.2 Å². The van der Waals surface area contributed by atoms with Crippen LogP contribution in [0.3, 0.4) is 0 Å². The summed E-state index contributed by atoms with van der Waals surface area (Å²) < 4.78 is 48.9. The van der Waals surface area contributed by atoms with Crippen molar-refractivity contribution >= 4 is 16.9 Å². The maximum absolute atomic E-state index is 12.9. The van der Waals surface area contributed by atoms with Crippen molar-refractivity contribution < 1.29 is 32.3 Å². The highest BCUT2D eigenvalue weighted by atomic mass is 19.4. The van der Waals surface area contributed by atoms with Crippen molar-refractivity contribution in [1.29, 1.82) is 0 Å². The highest BCUT2D eigenvalue weighted by Crippen LogP contribution is 2.41. The summed E-state index contributed by atoms with van der Waals surface area (Å²) in [6.07, 6.45) is -2.58. The molecule has 1 aliphatic rings. The van der Waals surface area contributed by atoms with Crippen molar-refractivity contribution in [2.24, 2.45) is 0 Å². The molecule has 10 heteroatoms. The fourth-order valence-electron chi connectivity index (χ4n) is 4.45. The Morgan fingerprint density at radius 2 is 2.09 bits per heavy atom. The van der Waals surface area contributed by atoms with E-state index < -0.39 is 17.5 Å². The minimum absolute atomic E-state index is 0.0113. The summed E-state index contributed by atoms with van der Waals surface area (Å²) in [5.74, 6) is -0.589. The Morgan fingerprint density at radius 1 is 1.26 bits per heavy atom. The Balaban J connectivity index is 1.44. The quantitative estimate of drug-likeness (QED) is 0.368. The van der Waals surface area contributed by atoms with E-state index in [9.17, 15) is 23.1 Å². The lowest BCUT2D eigenvalue weighted by Gasteiger charge is -2.08. The zero-order chi connectivity index (χ0) is 24.0. The molecule has 2 aromatic heterocycles. The van der Waals surface area contributed by atoms with Gasteiger partial charge in [0.15, 0.2) is 0 Å². The lowest BCUT2D eigenvalue weighted by Crippen LogP contribution is -2.08. The number of aryl methyl sites for hydroxylation is 1. The average molecular weight is 471 g/mol. The van der Waals surface area contributed by atoms with Crippen LogP contribution < -0.4 is 0 Å². The molecule has 0 fully saturated rings. The summed E-state index contributed by atoms with van der Waals surface area (Å²) >= 11 is 0. The minimum atomic E-state index is -4.57. The van der Waals surface area contributed by atoms with Crippen LogP contribution in [0, 0.1) is 0 Å². The van der Waals surface area contributed by atoms with Gasteiger partial charge < -0.3 is 19.4 Å². The fourth-order valence-corrected chi connectivity index (χ4v) is 4.45. The zero-order valence-corrected chi connectivity index (χ0v) is 18.1. The van der Waals surface area contributed by atoms with Crippen molar-refractivity contribution in [3.05, 3.63) is 53.2 Å². The number of carbonyl (C=O) groups excluding carboxylic acids is 1. The van der Waals surface area contributed by atoms with Crippen LogP contribution in [0.2, 0.25) is 0 Å². The molecule has 0 saturated carbocycles. The zero-order valence-electron chi connectivity index (χ0n) is 18.1. The van der Waals surface area contributed by atoms with Crippen LogP contribution in [0.4, 0.5) is 13.2 Å². The molecular weight excluding hydrogens is 451 g/mol. The summed E-state index contributed by atoms with van der Waals surface area (Å²) in [6, 6.07) is 8.17. The van der Waals surface area contributed by atoms with Gasteiger partial charge in [0.25, 0.3) is 5.89 Å². The fraction of sp³-hybridized carbons (Fsp3) is 0.292. The number of aromatic amines is 1. The lowest BCUT2D eigenvalue weighted by atomic mass is 10.0. The molecular formula is C24H20F3N3O4. The second kappa shape index (κ2) is 8.19. The number of hydrogen-bond donors (Lipinski definition) is 2. The number of alkyl halides is 3. The van der Waals surface area contributed by atoms with Gasteiger partial charge in [0.2, 0.25) is 5.82 Å². The van der Waals surface area contributed by atoms with E-state index in [1.807, 2.05) is 12.1 Å². The Labute approximate surface area is 191 Å². The van der Waals surface area contributed by atoms with Gasteiger partial charge in [-0.1, -0.05) is 5.16 Å². The number of phenols is 1. The van der Waals surface area contributed by atoms with Crippen molar-refractivity contribution in [1.82, 2.24) is 15.1 Å². The van der Waals surface area contributed by atoms with Gasteiger partial charge >= 0.3 is 12.1 Å². The highest BCUT2D eigenvalue weighted by molar-refractivity contribution is 5.89. The second-order valence-electron chi connectivity index (χ2n) is 8.18. The topological polar surface area (TPSA) is 101 Å². The van der Waals surface area contributed by atoms with E-state index >= 15 is 0 Å². The summed E-state index contributed by atoms with van der Waals surface area (Å²) in [5.41, 5.74) is 2.79. The Kier molecular flexibility index (Phi) is 5.30. The predicted octanol–water partition coefficient (Wildman–Crippen LogP) is 5.59. The van der Waals surface area contributed by atoms with Crippen LogP contribution in [0.15, 0.2) is 40.9 Å². The van der Waals surface area contributed by atoms with Crippen LogP contribution in [-0.2, 0) is 22.1 Å². The molecule has 1 atom stereocenters. The molecule has 2 N–H and O–H groups in total. The molecule has 0 spiro atoms. The molecule has 0 saturated heterocycles. The third-order valence-electron chi connectivity index (χ3n) is 6.05. The van der Waals surface area contributed by atoms with Gasteiger partial charge in [-0.3, -0.25) is 4.79 Å². The second-order valence-corrected chi connectivity index (χ2v) is 8.18. The molecule has 0 radical (unpaired) electrons. The molecule has 1 unspecified atom stereocenters. The molecule has 2 heterocycles. The molecule has 7 nitrogen and oxygen atoms in total. The summed E-state index contributed by atoms with van der Waals surface area (Å²) in [6.45, 7) is 2.14. The maximum Gasteiger partial charge on any atom is 0.416 e. The first kappa shape index (κ1) is 22.0. The van der Waals surface area contributed by atoms with E-state index in [1.54, 1.807) is 13.0 Å². The highest BCUT2D eigenvalue weighted by Gasteiger charge is 2.32. The number of benzene rings is 2. The third kappa shape index (κ3) is 3.89. The average Bonchev–Trinajstić information content (AvgIpc) is 3.49. The maximum atomic E-state index is 12.9. The van der Waals surface area contributed by atoms with E-state index in [0.29, 0.717) is 24.7 Å². The van der Waals surface area contributed by atoms with Crippen LogP contribution in [0.25, 0.3) is 33.7 Å². The van der Waals surface area contributed by atoms with Crippen molar-refractivity contribution in [3.63, 3.8) is 0 Å². The number of carbonyl (C=O) groups is 1. The first-order valence-corrected chi connectivity index (χ1v) is 10.8. The number of esters is 1. The number of aromatic hydroxyl groups is 1. The molecule has 2 aromatic carbocycles. The van der Waals surface area contributed by atoms with E-state index in [1.165, 1.54) is 0 Å². The molecule has 1 aliphatic carbocycles. The number of halogens is 3. The van der Waals surface area contributed by atoms with Crippen LogP contribution >= 0.6 is 0 Å².